The van der Waals surface area contributed by atoms with Gasteiger partial charge in [-0.3, -0.25) is 4.90 Å². The average Bonchev–Trinajstić information content (AvgIpc) is 2.72. The lowest BCUT2D eigenvalue weighted by Crippen LogP contribution is -2.37. The zero-order valence-corrected chi connectivity index (χ0v) is 30.0. The van der Waals surface area contributed by atoms with Gasteiger partial charge in [-0.1, -0.05) is 0 Å². The molecule has 0 atom stereocenters. The summed E-state index contributed by atoms with van der Waals surface area (Å²) in [5.74, 6) is -0.626. The van der Waals surface area contributed by atoms with Crippen LogP contribution >= 0.6 is 136 Å². The van der Waals surface area contributed by atoms with Crippen LogP contribution in [0.2, 0.25) is 0 Å². The Labute approximate surface area is 270 Å². The Hall–Kier alpha value is 1.72. The van der Waals surface area contributed by atoms with Gasteiger partial charge in [-0.2, -0.15) is 0 Å². The molecule has 0 bridgehead atoms. The van der Waals surface area contributed by atoms with Crippen LogP contribution in [0.3, 0.4) is 0 Å². The maximum absolute atomic E-state index is 12.6. The van der Waals surface area contributed by atoms with E-state index in [1.165, 1.54) is 0 Å². The van der Waals surface area contributed by atoms with Gasteiger partial charge in [0.15, 0.2) is 0 Å². The standard InChI is InChI=1S/C21H19I6NO4/c1-11(2)28(5-7-31-20(29)13-9-12(22)10-16(25)18(13)26)6-8-32-21(30)17-14(23)3-4-15(24)19(17)27/h3-4,9-11H,5-8H2,1-2H3. The first-order valence-electron chi connectivity index (χ1n) is 9.39. The Balaban J connectivity index is 1.89. The molecule has 0 spiro atoms. The molecule has 0 fully saturated rings. The highest BCUT2D eigenvalue weighted by Crippen LogP contribution is 2.25. The monoisotopic (exact) mass is 1110 g/mol. The van der Waals surface area contributed by atoms with Gasteiger partial charge in [0.2, 0.25) is 0 Å². The van der Waals surface area contributed by atoms with Gasteiger partial charge in [0.25, 0.3) is 0 Å². The fourth-order valence-electron chi connectivity index (χ4n) is 2.71. The molecule has 2 aromatic carbocycles. The first-order chi connectivity index (χ1) is 15.0. The maximum Gasteiger partial charge on any atom is 0.340 e. The Morgan fingerprint density at radius 3 is 1.97 bits per heavy atom. The van der Waals surface area contributed by atoms with Gasteiger partial charge >= 0.3 is 11.9 Å². The van der Waals surface area contributed by atoms with E-state index in [2.05, 4.69) is 154 Å². The SMILES string of the molecule is CC(C)N(CCOC(=O)c1cc(I)cc(I)c1I)CCOC(=O)c1c(I)ccc(I)c1I. The van der Waals surface area contributed by atoms with Crippen LogP contribution in [0.15, 0.2) is 24.3 Å². The van der Waals surface area contributed by atoms with Crippen LogP contribution in [-0.2, 0) is 9.47 Å². The third kappa shape index (κ3) is 8.68. The first-order valence-corrected chi connectivity index (χ1v) is 15.9. The topological polar surface area (TPSA) is 55.8 Å². The van der Waals surface area contributed by atoms with Crippen molar-refractivity contribution in [3.63, 3.8) is 0 Å². The molecule has 0 aromatic heterocycles. The molecular formula is C21H19I6NO4. The van der Waals surface area contributed by atoms with E-state index in [-0.39, 0.29) is 31.2 Å². The molecule has 0 amide bonds. The highest BCUT2D eigenvalue weighted by molar-refractivity contribution is 14.1. The highest BCUT2D eigenvalue weighted by atomic mass is 127. The van der Waals surface area contributed by atoms with Gasteiger partial charge in [0, 0.05) is 40.6 Å². The minimum Gasteiger partial charge on any atom is -0.461 e. The first kappa shape index (κ1) is 29.9. The van der Waals surface area contributed by atoms with Crippen LogP contribution < -0.4 is 0 Å². The van der Waals surface area contributed by atoms with Crippen LogP contribution in [0, 0.1) is 21.4 Å². The second kappa shape index (κ2) is 14.5. The van der Waals surface area contributed by atoms with E-state index in [0.717, 1.165) is 21.4 Å². The summed E-state index contributed by atoms with van der Waals surface area (Å²) < 4.78 is 16.9. The van der Waals surface area contributed by atoms with E-state index in [1.54, 1.807) is 0 Å². The van der Waals surface area contributed by atoms with Crippen LogP contribution in [-0.4, -0.2) is 49.2 Å². The van der Waals surface area contributed by atoms with Crippen LogP contribution in [0.5, 0.6) is 0 Å². The summed E-state index contributed by atoms with van der Waals surface area (Å²) in [4.78, 5) is 27.3. The number of carbonyl (C=O) groups excluding carboxylic acids is 2. The Bertz CT molecular complexity index is 999. The van der Waals surface area contributed by atoms with Crippen molar-refractivity contribution in [2.45, 2.75) is 19.9 Å². The predicted molar refractivity (Wildman–Crippen MR) is 176 cm³/mol. The summed E-state index contributed by atoms with van der Waals surface area (Å²) in [5.41, 5.74) is 1.21. The molecule has 0 unspecified atom stereocenters. The molecule has 0 N–H and O–H groups in total. The number of esters is 2. The van der Waals surface area contributed by atoms with Crippen molar-refractivity contribution in [3.8, 4) is 0 Å². The summed E-state index contributed by atoms with van der Waals surface area (Å²) >= 11 is 13.2. The molecule has 0 aliphatic rings. The molecule has 2 aromatic rings. The summed E-state index contributed by atoms with van der Waals surface area (Å²) in [6.45, 7) is 5.82. The number of ether oxygens (including phenoxy) is 2. The summed E-state index contributed by atoms with van der Waals surface area (Å²) in [5, 5.41) is 0. The van der Waals surface area contributed by atoms with Crippen molar-refractivity contribution < 1.29 is 19.1 Å². The molecule has 0 aliphatic carbocycles. The minimum atomic E-state index is -0.316. The lowest BCUT2D eigenvalue weighted by atomic mass is 10.2. The summed E-state index contributed by atoms with van der Waals surface area (Å²) in [6.07, 6.45) is 0. The van der Waals surface area contributed by atoms with E-state index in [4.69, 9.17) is 9.47 Å². The van der Waals surface area contributed by atoms with Gasteiger partial charge in [0.05, 0.1) is 11.1 Å². The molecule has 0 saturated heterocycles. The van der Waals surface area contributed by atoms with Crippen molar-refractivity contribution in [2.24, 2.45) is 0 Å². The third-order valence-electron chi connectivity index (χ3n) is 4.41. The molecule has 11 heteroatoms. The maximum atomic E-state index is 12.6. The van der Waals surface area contributed by atoms with Gasteiger partial charge < -0.3 is 9.47 Å². The molecule has 0 aliphatic heterocycles. The molecule has 0 saturated carbocycles. The molecule has 2 rings (SSSR count). The highest BCUT2D eigenvalue weighted by Gasteiger charge is 2.19. The van der Waals surface area contributed by atoms with E-state index < -0.39 is 0 Å². The minimum absolute atomic E-state index is 0.226. The zero-order chi connectivity index (χ0) is 24.0. The quantitative estimate of drug-likeness (QED) is 0.154. The molecule has 0 radical (unpaired) electrons. The molecule has 5 nitrogen and oxygen atoms in total. The van der Waals surface area contributed by atoms with Crippen LogP contribution in [0.1, 0.15) is 34.6 Å². The van der Waals surface area contributed by atoms with E-state index in [0.29, 0.717) is 24.2 Å². The van der Waals surface area contributed by atoms with E-state index in [9.17, 15) is 9.59 Å². The predicted octanol–water partition coefficient (Wildman–Crippen LogP) is 7.04. The Kier molecular flexibility index (Phi) is 13.5. The number of hydrogen-bond donors (Lipinski definition) is 0. The van der Waals surface area contributed by atoms with Gasteiger partial charge in [-0.05, 0) is 174 Å². The number of benzene rings is 2. The fourth-order valence-corrected chi connectivity index (χ4v) is 7.41. The Morgan fingerprint density at radius 2 is 1.38 bits per heavy atom. The Morgan fingerprint density at radius 1 is 0.812 bits per heavy atom. The normalized spacial score (nSPS) is 11.2. The molecule has 0 heterocycles. The van der Waals surface area contributed by atoms with Gasteiger partial charge in [0.1, 0.15) is 13.2 Å². The van der Waals surface area contributed by atoms with Crippen molar-refractivity contribution >= 4 is 147 Å². The lowest BCUT2D eigenvalue weighted by molar-refractivity contribution is 0.0361. The number of halogens is 6. The van der Waals surface area contributed by atoms with E-state index >= 15 is 0 Å². The van der Waals surface area contributed by atoms with Crippen molar-refractivity contribution in [2.75, 3.05) is 26.3 Å². The van der Waals surface area contributed by atoms with Crippen LogP contribution in [0.25, 0.3) is 0 Å². The zero-order valence-electron chi connectivity index (χ0n) is 17.1. The van der Waals surface area contributed by atoms with Crippen molar-refractivity contribution in [1.29, 1.82) is 0 Å². The van der Waals surface area contributed by atoms with Gasteiger partial charge in [-0.25, -0.2) is 9.59 Å². The van der Waals surface area contributed by atoms with Gasteiger partial charge in [-0.15, -0.1) is 0 Å². The summed E-state index contributed by atoms with van der Waals surface area (Å²) in [6, 6.07) is 8.01. The average molecular weight is 1110 g/mol. The largest absolute Gasteiger partial charge is 0.461 e. The number of carbonyl (C=O) groups is 2. The second-order valence-corrected chi connectivity index (χ2v) is 13.8. The molecular weight excluding hydrogens is 1090 g/mol. The lowest BCUT2D eigenvalue weighted by Gasteiger charge is -2.26. The summed E-state index contributed by atoms with van der Waals surface area (Å²) in [7, 11) is 0. The number of hydrogen-bond acceptors (Lipinski definition) is 5. The number of rotatable bonds is 9. The smallest absolute Gasteiger partial charge is 0.340 e. The van der Waals surface area contributed by atoms with Crippen molar-refractivity contribution in [1.82, 2.24) is 4.90 Å². The van der Waals surface area contributed by atoms with E-state index in [1.807, 2.05) is 24.3 Å². The second-order valence-electron chi connectivity index (χ2n) is 6.87. The third-order valence-corrected chi connectivity index (χ3v) is 12.0. The fraction of sp³-hybridized carbons (Fsp3) is 0.333. The molecule has 174 valence electrons. The molecule has 32 heavy (non-hydrogen) atoms. The van der Waals surface area contributed by atoms with Crippen molar-refractivity contribution in [3.05, 3.63) is 56.8 Å². The number of nitrogens with zero attached hydrogens (tertiary/aromatic N) is 1. The van der Waals surface area contributed by atoms with Crippen LogP contribution in [0.4, 0.5) is 0 Å².